The van der Waals surface area contributed by atoms with Crippen LogP contribution in [0.25, 0.3) is 11.1 Å². The number of rotatable bonds is 1. The van der Waals surface area contributed by atoms with Crippen LogP contribution in [0.2, 0.25) is 5.02 Å². The summed E-state index contributed by atoms with van der Waals surface area (Å²) in [7, 11) is 0. The third-order valence-corrected chi connectivity index (χ3v) is 6.21. The number of nitrogens with one attached hydrogen (secondary N) is 1. The lowest BCUT2D eigenvalue weighted by Gasteiger charge is -2.22. The molecule has 0 radical (unpaired) electrons. The van der Waals surface area contributed by atoms with Crippen LogP contribution in [0.5, 0.6) is 11.5 Å². The number of phenolic OH excluding ortho intramolecular Hbond substituents is 1. The van der Waals surface area contributed by atoms with E-state index < -0.39 is 11.6 Å². The molecule has 0 spiro atoms. The van der Waals surface area contributed by atoms with E-state index in [0.29, 0.717) is 17.9 Å². The zero-order chi connectivity index (χ0) is 22.8. The molecule has 0 fully saturated rings. The first-order valence-electron chi connectivity index (χ1n) is 9.85. The first kappa shape index (κ1) is 22.2. The first-order valence-corrected chi connectivity index (χ1v) is 11.0. The van der Waals surface area contributed by atoms with Crippen LogP contribution in [-0.2, 0) is 0 Å². The number of anilines is 1. The number of para-hydroxylation sites is 1. The van der Waals surface area contributed by atoms with Gasteiger partial charge >= 0.3 is 0 Å². The van der Waals surface area contributed by atoms with Crippen molar-refractivity contribution in [3.05, 3.63) is 70.8 Å². The molecular weight excluding hydrogens is 458 g/mol. The van der Waals surface area contributed by atoms with E-state index in [1.165, 1.54) is 18.2 Å². The molecular formula is C23H19ClF2N2O3S. The van der Waals surface area contributed by atoms with Gasteiger partial charge in [0.2, 0.25) is 0 Å². The van der Waals surface area contributed by atoms with Gasteiger partial charge in [0.15, 0.2) is 0 Å². The molecule has 1 amide bonds. The number of benzene rings is 3. The monoisotopic (exact) mass is 476 g/mol. The Morgan fingerprint density at radius 1 is 1.16 bits per heavy atom. The summed E-state index contributed by atoms with van der Waals surface area (Å²) in [5, 5.41) is 10.3. The smallest absolute Gasteiger partial charge is 0.254 e. The molecule has 5 nitrogen and oxygen atoms in total. The minimum Gasteiger partial charge on any atom is -0.505 e. The number of carbonyl (C=O) groups excluding carboxylic acids is 1. The molecule has 2 N–H and O–H groups in total. The van der Waals surface area contributed by atoms with Crippen molar-refractivity contribution in [2.45, 2.75) is 11.8 Å². The number of amides is 1. The molecule has 4 bridgehead atoms. The molecule has 3 aromatic carbocycles. The van der Waals surface area contributed by atoms with E-state index in [-0.39, 0.29) is 51.5 Å². The van der Waals surface area contributed by atoms with Crippen molar-refractivity contribution < 1.29 is 23.4 Å². The van der Waals surface area contributed by atoms with Crippen molar-refractivity contribution >= 4 is 35.1 Å². The highest BCUT2D eigenvalue weighted by atomic mass is 35.5. The highest BCUT2D eigenvalue weighted by Gasteiger charge is 2.21. The number of aromatic hydroxyl groups is 1. The standard InChI is InChI=1S/C23H19ClF2N2O3S/c1-2-28-7-8-31-20-6-4-3-5-14(20)15-11-19(18(26)12-17(15)25)27-32-21-10-13(23(28)30)9-16(24)22(21)29/h3-6,9-12,27,29H,2,7-8H2,1H3. The third kappa shape index (κ3) is 4.33. The van der Waals surface area contributed by atoms with Crippen LogP contribution in [-0.4, -0.2) is 35.6 Å². The molecule has 1 aliphatic rings. The third-order valence-electron chi connectivity index (χ3n) is 5.07. The van der Waals surface area contributed by atoms with Crippen LogP contribution in [0.3, 0.4) is 0 Å². The average Bonchev–Trinajstić information content (AvgIpc) is 2.78. The van der Waals surface area contributed by atoms with E-state index >= 15 is 0 Å². The van der Waals surface area contributed by atoms with Gasteiger partial charge in [-0.2, -0.15) is 0 Å². The molecule has 0 unspecified atom stereocenters. The summed E-state index contributed by atoms with van der Waals surface area (Å²) in [5.41, 5.74) is 0.876. The van der Waals surface area contributed by atoms with Crippen LogP contribution in [0.15, 0.2) is 53.4 Å². The lowest BCUT2D eigenvalue weighted by atomic mass is 10.0. The summed E-state index contributed by atoms with van der Waals surface area (Å²) in [6.07, 6.45) is 0. The number of carbonyl (C=O) groups is 1. The second kappa shape index (κ2) is 9.26. The van der Waals surface area contributed by atoms with Gasteiger partial charge in [0, 0.05) is 29.3 Å². The fourth-order valence-electron chi connectivity index (χ4n) is 3.39. The van der Waals surface area contributed by atoms with Gasteiger partial charge in [0.25, 0.3) is 5.91 Å². The van der Waals surface area contributed by atoms with E-state index in [0.717, 1.165) is 18.0 Å². The quantitative estimate of drug-likeness (QED) is 0.424. The molecule has 4 rings (SSSR count). The number of fused-ring (bicyclic) bond motifs is 6. The van der Waals surface area contributed by atoms with Gasteiger partial charge in [-0.15, -0.1) is 0 Å². The van der Waals surface area contributed by atoms with Crippen LogP contribution in [0.4, 0.5) is 14.5 Å². The largest absolute Gasteiger partial charge is 0.505 e. The summed E-state index contributed by atoms with van der Waals surface area (Å²) in [6, 6.07) is 11.8. The maximum absolute atomic E-state index is 14.7. The highest BCUT2D eigenvalue weighted by molar-refractivity contribution is 8.00. The number of hydrogen-bond donors (Lipinski definition) is 2. The van der Waals surface area contributed by atoms with E-state index in [1.807, 2.05) is 6.92 Å². The van der Waals surface area contributed by atoms with Crippen molar-refractivity contribution in [2.75, 3.05) is 24.4 Å². The van der Waals surface area contributed by atoms with Crippen molar-refractivity contribution in [2.24, 2.45) is 0 Å². The molecule has 0 saturated carbocycles. The summed E-state index contributed by atoms with van der Waals surface area (Å²) in [5.74, 6) is -1.67. The van der Waals surface area contributed by atoms with Gasteiger partial charge in [-0.05, 0) is 43.1 Å². The summed E-state index contributed by atoms with van der Waals surface area (Å²) in [6.45, 7) is 2.70. The van der Waals surface area contributed by atoms with Gasteiger partial charge in [0.1, 0.15) is 29.7 Å². The molecule has 3 aromatic rings. The number of ether oxygens (including phenoxy) is 1. The van der Waals surface area contributed by atoms with E-state index in [2.05, 4.69) is 4.72 Å². The van der Waals surface area contributed by atoms with E-state index in [1.54, 1.807) is 29.2 Å². The van der Waals surface area contributed by atoms with Crippen LogP contribution >= 0.6 is 23.5 Å². The Hall–Kier alpha value is -2.97. The van der Waals surface area contributed by atoms with Crippen molar-refractivity contribution in [3.8, 4) is 22.6 Å². The van der Waals surface area contributed by atoms with Crippen molar-refractivity contribution in [1.29, 1.82) is 0 Å². The second-order valence-corrected chi connectivity index (χ2v) is 8.31. The Morgan fingerprint density at radius 3 is 2.72 bits per heavy atom. The number of hydrogen-bond acceptors (Lipinski definition) is 5. The molecule has 0 saturated heterocycles. The first-order chi connectivity index (χ1) is 15.4. The predicted octanol–water partition coefficient (Wildman–Crippen LogP) is 5.96. The number of likely N-dealkylation sites (N-methyl/N-ethyl adjacent to an activating group) is 1. The normalized spacial score (nSPS) is 14.0. The second-order valence-electron chi connectivity index (χ2n) is 7.05. The zero-order valence-corrected chi connectivity index (χ0v) is 18.6. The fourth-order valence-corrected chi connectivity index (χ4v) is 4.43. The lowest BCUT2D eigenvalue weighted by Crippen LogP contribution is -2.34. The summed E-state index contributed by atoms with van der Waals surface area (Å²) >= 11 is 7.00. The minimum atomic E-state index is -0.809. The summed E-state index contributed by atoms with van der Waals surface area (Å²) in [4.78, 5) is 14.8. The lowest BCUT2D eigenvalue weighted by molar-refractivity contribution is 0.0739. The van der Waals surface area contributed by atoms with Gasteiger partial charge in [0.05, 0.1) is 22.2 Å². The summed E-state index contributed by atoms with van der Waals surface area (Å²) < 4.78 is 37.9. The Morgan fingerprint density at radius 2 is 1.94 bits per heavy atom. The van der Waals surface area contributed by atoms with Gasteiger partial charge in [-0.1, -0.05) is 29.8 Å². The van der Waals surface area contributed by atoms with Crippen LogP contribution < -0.4 is 9.46 Å². The SMILES string of the molecule is CCN1CCOc2ccccc2-c2cc(c(F)cc2F)NSc2cc(cc(Cl)c2O)C1=O. The molecule has 1 aliphatic heterocycles. The molecule has 9 heteroatoms. The van der Waals surface area contributed by atoms with Gasteiger partial charge in [-0.25, -0.2) is 8.78 Å². The maximum Gasteiger partial charge on any atom is 0.254 e. The van der Waals surface area contributed by atoms with Crippen molar-refractivity contribution in [1.82, 2.24) is 4.90 Å². The van der Waals surface area contributed by atoms with Gasteiger partial charge in [-0.3, -0.25) is 4.79 Å². The fraction of sp³-hybridized carbons (Fsp3) is 0.174. The molecule has 1 heterocycles. The molecule has 166 valence electrons. The highest BCUT2D eigenvalue weighted by Crippen LogP contribution is 2.39. The Kier molecular flexibility index (Phi) is 6.43. The van der Waals surface area contributed by atoms with Crippen LogP contribution in [0, 0.1) is 11.6 Å². The average molecular weight is 477 g/mol. The molecule has 0 atom stereocenters. The Labute approximate surface area is 193 Å². The van der Waals surface area contributed by atoms with E-state index in [4.69, 9.17) is 16.3 Å². The molecule has 32 heavy (non-hydrogen) atoms. The Balaban J connectivity index is 1.84. The zero-order valence-electron chi connectivity index (χ0n) is 17.0. The number of halogens is 3. The van der Waals surface area contributed by atoms with Crippen molar-refractivity contribution in [3.63, 3.8) is 0 Å². The van der Waals surface area contributed by atoms with Crippen LogP contribution in [0.1, 0.15) is 17.3 Å². The van der Waals surface area contributed by atoms with Gasteiger partial charge < -0.3 is 19.5 Å². The molecule has 0 aromatic heterocycles. The number of phenols is 1. The predicted molar refractivity (Wildman–Crippen MR) is 121 cm³/mol. The maximum atomic E-state index is 14.7. The minimum absolute atomic E-state index is 0.00138. The van der Waals surface area contributed by atoms with E-state index in [9.17, 15) is 18.7 Å². The molecule has 0 aliphatic carbocycles. The Bertz CT molecular complexity index is 1190. The topological polar surface area (TPSA) is 61.8 Å². The number of nitrogens with zero attached hydrogens (tertiary/aromatic N) is 1.